The van der Waals surface area contributed by atoms with E-state index in [1.807, 2.05) is 0 Å². The minimum atomic E-state index is -3.96. The van der Waals surface area contributed by atoms with Gasteiger partial charge in [-0.05, 0) is 36.6 Å². The maximum Gasteiger partial charge on any atom is 0.326 e. The third-order valence-corrected chi connectivity index (χ3v) is 6.48. The first-order valence-electron chi connectivity index (χ1n) is 6.53. The second kappa shape index (κ2) is 7.53. The van der Waals surface area contributed by atoms with Gasteiger partial charge in [-0.2, -0.15) is 0 Å². The standard InChI is InChI=1S/C14H13Cl2NO4S2/c1-2-21-13(18)9-17(12-8-10(15)5-6-11(12)16)23(19,20)14-4-3-7-22-14/h3-8H,2,9H2,1H3. The van der Waals surface area contributed by atoms with Crippen LogP contribution in [0.1, 0.15) is 6.92 Å². The molecular weight excluding hydrogens is 381 g/mol. The van der Waals surface area contributed by atoms with Gasteiger partial charge in [-0.15, -0.1) is 11.3 Å². The monoisotopic (exact) mass is 393 g/mol. The van der Waals surface area contributed by atoms with Crippen molar-refractivity contribution in [2.24, 2.45) is 0 Å². The van der Waals surface area contributed by atoms with E-state index in [1.54, 1.807) is 18.4 Å². The molecule has 5 nitrogen and oxygen atoms in total. The molecule has 0 unspecified atom stereocenters. The number of esters is 1. The zero-order valence-electron chi connectivity index (χ0n) is 12.0. The molecule has 0 amide bonds. The molecule has 0 atom stereocenters. The normalized spacial score (nSPS) is 11.3. The molecule has 0 radical (unpaired) electrons. The molecule has 1 heterocycles. The van der Waals surface area contributed by atoms with Gasteiger partial charge in [0.05, 0.1) is 17.3 Å². The first-order chi connectivity index (χ1) is 10.9. The highest BCUT2D eigenvalue weighted by Crippen LogP contribution is 2.33. The summed E-state index contributed by atoms with van der Waals surface area (Å²) < 4.78 is 31.5. The van der Waals surface area contributed by atoms with Crippen LogP contribution >= 0.6 is 34.5 Å². The zero-order chi connectivity index (χ0) is 17.0. The topological polar surface area (TPSA) is 63.7 Å². The van der Waals surface area contributed by atoms with Crippen molar-refractivity contribution in [3.8, 4) is 0 Å². The van der Waals surface area contributed by atoms with E-state index in [2.05, 4.69) is 0 Å². The number of rotatable bonds is 6. The summed E-state index contributed by atoms with van der Waals surface area (Å²) in [5.74, 6) is -0.677. The molecule has 0 N–H and O–H groups in total. The van der Waals surface area contributed by atoms with Crippen molar-refractivity contribution >= 4 is 56.2 Å². The molecule has 0 spiro atoms. The Labute approximate surface area is 148 Å². The van der Waals surface area contributed by atoms with Gasteiger partial charge in [-0.1, -0.05) is 29.3 Å². The highest BCUT2D eigenvalue weighted by Gasteiger charge is 2.30. The van der Waals surface area contributed by atoms with Crippen LogP contribution in [0.4, 0.5) is 5.69 Å². The van der Waals surface area contributed by atoms with E-state index in [0.717, 1.165) is 15.6 Å². The fraction of sp³-hybridized carbons (Fsp3) is 0.214. The van der Waals surface area contributed by atoms with Crippen molar-refractivity contribution in [2.45, 2.75) is 11.1 Å². The van der Waals surface area contributed by atoms with Crippen molar-refractivity contribution in [3.05, 3.63) is 45.8 Å². The summed E-state index contributed by atoms with van der Waals surface area (Å²) >= 11 is 13.1. The quantitative estimate of drug-likeness (QED) is 0.699. The first kappa shape index (κ1) is 18.1. The van der Waals surface area contributed by atoms with E-state index in [1.165, 1.54) is 24.3 Å². The van der Waals surface area contributed by atoms with Crippen molar-refractivity contribution in [1.82, 2.24) is 0 Å². The summed E-state index contributed by atoms with van der Waals surface area (Å²) in [6.07, 6.45) is 0. The number of carbonyl (C=O) groups excluding carboxylic acids is 1. The Hall–Kier alpha value is -1.28. The van der Waals surface area contributed by atoms with Gasteiger partial charge in [-0.3, -0.25) is 9.10 Å². The summed E-state index contributed by atoms with van der Waals surface area (Å²) in [4.78, 5) is 11.8. The number of nitrogens with zero attached hydrogens (tertiary/aromatic N) is 1. The molecule has 1 aromatic carbocycles. The highest BCUT2D eigenvalue weighted by molar-refractivity contribution is 7.94. The molecule has 0 aliphatic rings. The zero-order valence-corrected chi connectivity index (χ0v) is 15.2. The van der Waals surface area contributed by atoms with Gasteiger partial charge in [0.25, 0.3) is 10.0 Å². The number of carbonyl (C=O) groups is 1. The lowest BCUT2D eigenvalue weighted by Crippen LogP contribution is -2.36. The van der Waals surface area contributed by atoms with Crippen LogP contribution in [0, 0.1) is 0 Å². The molecule has 0 fully saturated rings. The van der Waals surface area contributed by atoms with Crippen LogP contribution in [0.25, 0.3) is 0 Å². The van der Waals surface area contributed by atoms with Crippen LogP contribution in [0.3, 0.4) is 0 Å². The lowest BCUT2D eigenvalue weighted by Gasteiger charge is -2.23. The predicted octanol–water partition coefficient (Wildman–Crippen LogP) is 3.81. The third-order valence-electron chi connectivity index (χ3n) is 2.79. The minimum absolute atomic E-state index is 0.0952. The molecule has 2 aromatic rings. The molecule has 124 valence electrons. The summed E-state index contributed by atoms with van der Waals surface area (Å²) in [5.41, 5.74) is 0.126. The summed E-state index contributed by atoms with van der Waals surface area (Å²) in [6, 6.07) is 7.47. The van der Waals surface area contributed by atoms with E-state index < -0.39 is 22.5 Å². The SMILES string of the molecule is CCOC(=O)CN(c1cc(Cl)ccc1Cl)S(=O)(=O)c1cccs1. The Morgan fingerprint density at radius 2 is 2.04 bits per heavy atom. The van der Waals surface area contributed by atoms with Crippen molar-refractivity contribution in [3.63, 3.8) is 0 Å². The average molecular weight is 394 g/mol. The second-order valence-electron chi connectivity index (χ2n) is 4.34. The number of sulfonamides is 1. The lowest BCUT2D eigenvalue weighted by molar-refractivity contribution is -0.141. The number of halogens is 2. The number of anilines is 1. The summed E-state index contributed by atoms with van der Waals surface area (Å²) in [7, 11) is -3.96. The van der Waals surface area contributed by atoms with Crippen LogP contribution in [0.2, 0.25) is 10.0 Å². The van der Waals surface area contributed by atoms with Crippen molar-refractivity contribution < 1.29 is 17.9 Å². The van der Waals surface area contributed by atoms with E-state index in [0.29, 0.717) is 5.02 Å². The molecule has 9 heteroatoms. The smallest absolute Gasteiger partial charge is 0.326 e. The van der Waals surface area contributed by atoms with E-state index in [-0.39, 0.29) is 21.5 Å². The molecule has 0 bridgehead atoms. The maximum atomic E-state index is 12.8. The fourth-order valence-corrected chi connectivity index (χ4v) is 4.78. The minimum Gasteiger partial charge on any atom is -0.465 e. The van der Waals surface area contributed by atoms with Crippen LogP contribution in [0.5, 0.6) is 0 Å². The molecule has 0 saturated carbocycles. The van der Waals surface area contributed by atoms with Crippen LogP contribution in [0.15, 0.2) is 39.9 Å². The Kier molecular flexibility index (Phi) is 5.91. The number of thiophene rings is 1. The first-order valence-corrected chi connectivity index (χ1v) is 9.60. The Bertz CT molecular complexity index is 791. The van der Waals surface area contributed by atoms with Crippen LogP contribution < -0.4 is 4.31 Å². The predicted molar refractivity (Wildman–Crippen MR) is 91.9 cm³/mol. The second-order valence-corrected chi connectivity index (χ2v) is 8.23. The van der Waals surface area contributed by atoms with Crippen molar-refractivity contribution in [1.29, 1.82) is 0 Å². The lowest BCUT2D eigenvalue weighted by atomic mass is 10.3. The van der Waals surface area contributed by atoms with E-state index in [9.17, 15) is 13.2 Å². The third kappa shape index (κ3) is 4.17. The number of benzene rings is 1. The molecule has 0 saturated heterocycles. The molecular formula is C14H13Cl2NO4S2. The number of hydrogen-bond donors (Lipinski definition) is 0. The van der Waals surface area contributed by atoms with Gasteiger partial charge in [0, 0.05) is 5.02 Å². The van der Waals surface area contributed by atoms with E-state index in [4.69, 9.17) is 27.9 Å². The van der Waals surface area contributed by atoms with Gasteiger partial charge in [-0.25, -0.2) is 8.42 Å². The van der Waals surface area contributed by atoms with Crippen LogP contribution in [-0.4, -0.2) is 27.5 Å². The summed E-state index contributed by atoms with van der Waals surface area (Å²) in [5, 5.41) is 2.10. The Morgan fingerprint density at radius 3 is 2.65 bits per heavy atom. The van der Waals surface area contributed by atoms with Gasteiger partial charge >= 0.3 is 5.97 Å². The van der Waals surface area contributed by atoms with Crippen LogP contribution in [-0.2, 0) is 19.6 Å². The fourth-order valence-electron chi connectivity index (χ4n) is 1.82. The average Bonchev–Trinajstić information content (AvgIpc) is 3.03. The Balaban J connectivity index is 2.52. The number of hydrogen-bond acceptors (Lipinski definition) is 5. The molecule has 1 aromatic heterocycles. The van der Waals surface area contributed by atoms with Gasteiger partial charge in [0.1, 0.15) is 10.8 Å². The van der Waals surface area contributed by atoms with Crippen molar-refractivity contribution in [2.75, 3.05) is 17.5 Å². The summed E-state index contributed by atoms with van der Waals surface area (Å²) in [6.45, 7) is 1.30. The van der Waals surface area contributed by atoms with Gasteiger partial charge < -0.3 is 4.74 Å². The largest absolute Gasteiger partial charge is 0.465 e. The number of ether oxygens (including phenoxy) is 1. The van der Waals surface area contributed by atoms with E-state index >= 15 is 0 Å². The van der Waals surface area contributed by atoms with Gasteiger partial charge in [0.2, 0.25) is 0 Å². The molecule has 0 aliphatic carbocycles. The maximum absolute atomic E-state index is 12.8. The molecule has 23 heavy (non-hydrogen) atoms. The highest BCUT2D eigenvalue weighted by atomic mass is 35.5. The van der Waals surface area contributed by atoms with Gasteiger partial charge in [0.15, 0.2) is 0 Å². The Morgan fingerprint density at radius 1 is 1.30 bits per heavy atom. The molecule has 0 aliphatic heterocycles. The molecule has 2 rings (SSSR count).